The Morgan fingerprint density at radius 1 is 1.49 bits per heavy atom. The summed E-state index contributed by atoms with van der Waals surface area (Å²) in [5.41, 5.74) is 5.58. The van der Waals surface area contributed by atoms with Crippen molar-refractivity contribution in [1.82, 2.24) is 35.4 Å². The normalized spacial score (nSPS) is 20.1. The summed E-state index contributed by atoms with van der Waals surface area (Å²) in [7, 11) is 2.99. The number of rotatable bonds is 9. The molecule has 0 spiro atoms. The van der Waals surface area contributed by atoms with E-state index in [4.69, 9.17) is 10.6 Å². The van der Waals surface area contributed by atoms with Crippen LogP contribution in [0.3, 0.4) is 0 Å². The molecule has 0 saturated carbocycles. The van der Waals surface area contributed by atoms with Crippen LogP contribution in [0.1, 0.15) is 5.69 Å². The number of nitrogens with two attached hydrogens (primary N) is 1. The van der Waals surface area contributed by atoms with Crippen LogP contribution in [0.5, 0.6) is 0 Å². The first-order valence-electron chi connectivity index (χ1n) is 9.90. The van der Waals surface area contributed by atoms with Gasteiger partial charge in [0.2, 0.25) is 5.16 Å². The number of fused-ring (bicyclic) bond motifs is 1. The maximum Gasteiger partial charge on any atom is 0.353 e. The number of carbonyl (C=O) groups excluding carboxylic acids is 2. The molecule has 4 rings (SSSR count). The molecule has 35 heavy (non-hydrogen) atoms. The minimum Gasteiger partial charge on any atom is -0.477 e. The van der Waals surface area contributed by atoms with Gasteiger partial charge in [-0.2, -0.15) is 0 Å². The first kappa shape index (κ1) is 24.7. The Morgan fingerprint density at radius 3 is 2.91 bits per heavy atom. The minimum atomic E-state index is -1.23. The topological polar surface area (TPSA) is 191 Å². The highest BCUT2D eigenvalue weighted by atomic mass is 32.2. The number of tetrazole rings is 1. The number of nitrogen functional groups attached to an aromatic ring is 1. The molecule has 2 aromatic heterocycles. The number of hydrogen-bond donors (Lipinski definition) is 3. The minimum absolute atomic E-state index is 0.124. The van der Waals surface area contributed by atoms with Crippen LogP contribution in [-0.2, 0) is 26.3 Å². The lowest BCUT2D eigenvalue weighted by Gasteiger charge is -2.49. The number of β-lactam (4-membered cyclic amide) rings is 1. The summed E-state index contributed by atoms with van der Waals surface area (Å²) < 4.78 is 1.53. The predicted molar refractivity (Wildman–Crippen MR) is 128 cm³/mol. The first-order chi connectivity index (χ1) is 16.8. The van der Waals surface area contributed by atoms with Crippen LogP contribution in [0, 0.1) is 0 Å². The molecule has 2 atom stereocenters. The van der Waals surface area contributed by atoms with Crippen molar-refractivity contribution >= 4 is 63.5 Å². The summed E-state index contributed by atoms with van der Waals surface area (Å²) in [6.45, 7) is 0. The second kappa shape index (κ2) is 10.4. The van der Waals surface area contributed by atoms with E-state index in [0.29, 0.717) is 21.6 Å². The third kappa shape index (κ3) is 5.01. The molecule has 1 saturated heterocycles. The molecule has 2 aromatic rings. The lowest BCUT2D eigenvalue weighted by Crippen LogP contribution is -2.73. The van der Waals surface area contributed by atoms with Gasteiger partial charge >= 0.3 is 5.97 Å². The van der Waals surface area contributed by atoms with Crippen molar-refractivity contribution in [2.24, 2.45) is 12.2 Å². The van der Waals surface area contributed by atoms with E-state index < -0.39 is 29.9 Å². The monoisotopic (exact) mass is 537 g/mol. The lowest BCUT2D eigenvalue weighted by atomic mass is 9.94. The molecule has 1 fully saturated rings. The Labute approximate surface area is 210 Å². The highest BCUT2D eigenvalue weighted by Crippen LogP contribution is 2.39. The fourth-order valence-corrected chi connectivity index (χ4v) is 5.78. The maximum atomic E-state index is 12.9. The molecule has 14 nitrogen and oxygen atoms in total. The van der Waals surface area contributed by atoms with Gasteiger partial charge in [0.25, 0.3) is 11.8 Å². The molecular weight excluding hydrogens is 518 g/mol. The SMILES string of the molecule is CO/N=C(\C(=O)N[C@@H]1C(=O)N2C(C(=O)O)=C(/C=C/CSc3nnnn3C)SC[C@H]12)c1csc(N)n1. The van der Waals surface area contributed by atoms with E-state index in [1.165, 1.54) is 40.2 Å². The Morgan fingerprint density at radius 2 is 2.29 bits per heavy atom. The fourth-order valence-electron chi connectivity index (χ4n) is 3.37. The smallest absolute Gasteiger partial charge is 0.353 e. The molecule has 4 N–H and O–H groups in total. The first-order valence-corrected chi connectivity index (χ1v) is 12.8. The molecule has 2 aliphatic heterocycles. The summed E-state index contributed by atoms with van der Waals surface area (Å²) in [4.78, 5) is 48.1. The number of carbonyl (C=O) groups is 3. The zero-order chi connectivity index (χ0) is 25.1. The lowest BCUT2D eigenvalue weighted by molar-refractivity contribution is -0.153. The molecule has 17 heteroatoms. The molecule has 2 amide bonds. The molecule has 0 aromatic carbocycles. The number of aliphatic carboxylic acids is 1. The van der Waals surface area contributed by atoms with Gasteiger partial charge in [0.15, 0.2) is 10.8 Å². The predicted octanol–water partition coefficient (Wildman–Crippen LogP) is -0.314. The van der Waals surface area contributed by atoms with Crippen molar-refractivity contribution in [1.29, 1.82) is 0 Å². The van der Waals surface area contributed by atoms with Gasteiger partial charge in [0.05, 0.1) is 6.04 Å². The van der Waals surface area contributed by atoms with E-state index in [1.54, 1.807) is 24.6 Å². The van der Waals surface area contributed by atoms with Gasteiger partial charge < -0.3 is 21.0 Å². The van der Waals surface area contributed by atoms with Crippen molar-refractivity contribution in [2.45, 2.75) is 17.2 Å². The van der Waals surface area contributed by atoms with Crippen LogP contribution in [0.25, 0.3) is 0 Å². The number of aromatic nitrogens is 5. The van der Waals surface area contributed by atoms with Crippen molar-refractivity contribution in [2.75, 3.05) is 24.3 Å². The largest absolute Gasteiger partial charge is 0.477 e. The summed E-state index contributed by atoms with van der Waals surface area (Å²) in [5.74, 6) is -1.54. The zero-order valence-corrected chi connectivity index (χ0v) is 20.8. The van der Waals surface area contributed by atoms with Crippen LogP contribution in [-0.4, -0.2) is 89.4 Å². The van der Waals surface area contributed by atoms with Crippen LogP contribution in [0.4, 0.5) is 5.13 Å². The van der Waals surface area contributed by atoms with E-state index >= 15 is 0 Å². The highest BCUT2D eigenvalue weighted by Gasteiger charge is 2.54. The number of hydrogen-bond acceptors (Lipinski definition) is 13. The van der Waals surface area contributed by atoms with Crippen molar-refractivity contribution in [3.63, 3.8) is 0 Å². The van der Waals surface area contributed by atoms with Gasteiger partial charge in [-0.1, -0.05) is 23.0 Å². The number of carboxylic acid groups (broad SMARTS) is 1. The Bertz CT molecular complexity index is 1250. The van der Waals surface area contributed by atoms with E-state index in [9.17, 15) is 19.5 Å². The molecule has 0 bridgehead atoms. The van der Waals surface area contributed by atoms with Crippen LogP contribution in [0.2, 0.25) is 0 Å². The van der Waals surface area contributed by atoms with E-state index in [-0.39, 0.29) is 22.2 Å². The Balaban J connectivity index is 1.45. The van der Waals surface area contributed by atoms with Crippen molar-refractivity contribution in [3.8, 4) is 0 Å². The van der Waals surface area contributed by atoms with Gasteiger partial charge in [-0.15, -0.1) is 28.2 Å². The number of anilines is 1. The number of oxime groups is 1. The van der Waals surface area contributed by atoms with Gasteiger partial charge in [-0.05, 0) is 16.5 Å². The number of amides is 2. The second-order valence-corrected chi connectivity index (χ2v) is 9.99. The third-order valence-electron chi connectivity index (χ3n) is 4.91. The molecule has 4 heterocycles. The van der Waals surface area contributed by atoms with Crippen molar-refractivity contribution in [3.05, 3.63) is 33.8 Å². The molecule has 0 aliphatic carbocycles. The molecular formula is C18H19N9O5S3. The van der Waals surface area contributed by atoms with Crippen LogP contribution >= 0.6 is 34.9 Å². The number of thioether (sulfide) groups is 2. The highest BCUT2D eigenvalue weighted by molar-refractivity contribution is 8.03. The quantitative estimate of drug-likeness (QED) is 0.164. The summed E-state index contributed by atoms with van der Waals surface area (Å²) in [6.07, 6.45) is 3.44. The summed E-state index contributed by atoms with van der Waals surface area (Å²) in [6, 6.07) is -1.44. The third-order valence-corrected chi connectivity index (χ3v) is 7.70. The van der Waals surface area contributed by atoms with Crippen LogP contribution in [0.15, 0.2) is 38.4 Å². The van der Waals surface area contributed by atoms with E-state index in [1.807, 2.05) is 0 Å². The standard InChI is InChI=1S/C18H19N9O5S3/c1-26-18(22-24-25-26)33-5-3-4-10-13(16(30)31)27-9(7-34-10)12(15(27)29)21-14(28)11(23-32-2)8-6-35-17(19)20-8/h3-4,6,9,12H,5,7H2,1-2H3,(H2,19,20)(H,21,28)(H,30,31)/b4-3+,23-11-/t9-,12+/m1/s1. The number of nitrogens with zero attached hydrogens (tertiary/aromatic N) is 7. The number of carboxylic acids is 1. The van der Waals surface area contributed by atoms with Crippen LogP contribution < -0.4 is 11.1 Å². The summed E-state index contributed by atoms with van der Waals surface area (Å²) in [5, 5.41) is 29.7. The Hall–Kier alpha value is -3.44. The molecule has 2 aliphatic rings. The average Bonchev–Trinajstić information content (AvgIpc) is 3.45. The van der Waals surface area contributed by atoms with Crippen molar-refractivity contribution < 1.29 is 24.3 Å². The number of nitrogens with one attached hydrogen (secondary N) is 1. The molecule has 184 valence electrons. The number of allylic oxidation sites excluding steroid dienone is 1. The summed E-state index contributed by atoms with van der Waals surface area (Å²) >= 11 is 3.80. The molecule has 0 unspecified atom stereocenters. The number of aryl methyl sites for hydroxylation is 1. The average molecular weight is 538 g/mol. The fraction of sp³-hybridized carbons (Fsp3) is 0.333. The number of thiazole rings is 1. The van der Waals surface area contributed by atoms with Gasteiger partial charge in [-0.3, -0.25) is 14.5 Å². The zero-order valence-electron chi connectivity index (χ0n) is 18.3. The maximum absolute atomic E-state index is 12.9. The van der Waals surface area contributed by atoms with E-state index in [2.05, 4.69) is 31.0 Å². The van der Waals surface area contributed by atoms with Gasteiger partial charge in [0, 0.05) is 28.8 Å². The van der Waals surface area contributed by atoms with Gasteiger partial charge in [0.1, 0.15) is 24.5 Å². The molecule has 0 radical (unpaired) electrons. The van der Waals surface area contributed by atoms with Gasteiger partial charge in [-0.25, -0.2) is 14.5 Å². The second-order valence-electron chi connectivity index (χ2n) is 7.05. The van der Waals surface area contributed by atoms with E-state index in [0.717, 1.165) is 11.3 Å². The Kier molecular flexibility index (Phi) is 7.37.